The molecule has 3 rings (SSSR count). The van der Waals surface area contributed by atoms with Crippen LogP contribution in [0.2, 0.25) is 0 Å². The number of hydrogen-bond donors (Lipinski definition) is 0. The van der Waals surface area contributed by atoms with E-state index in [4.69, 9.17) is 4.74 Å². The van der Waals surface area contributed by atoms with Crippen molar-refractivity contribution in [3.8, 4) is 0 Å². The Hall–Kier alpha value is -0.250. The highest BCUT2D eigenvalue weighted by atomic mass is 79.9. The molecule has 2 heterocycles. The molecule has 0 aromatic carbocycles. The summed E-state index contributed by atoms with van der Waals surface area (Å²) in [6.45, 7) is 11.2. The molecule has 4 heteroatoms. The fourth-order valence-corrected chi connectivity index (χ4v) is 3.77. The van der Waals surface area contributed by atoms with Gasteiger partial charge in [-0.25, -0.2) is 4.79 Å². The topological polar surface area (TPSA) is 29.5 Å². The monoisotopic (exact) mass is 317 g/mol. The van der Waals surface area contributed by atoms with Crippen LogP contribution >= 0.6 is 15.9 Å². The number of carbonyl (C=O) groups excluding carboxylic acids is 1. The molecule has 3 aliphatic rings. The first-order chi connectivity index (χ1) is 8.15. The molecule has 0 spiro atoms. The third-order valence-electron chi connectivity index (χ3n) is 4.17. The summed E-state index contributed by atoms with van der Waals surface area (Å²) in [6.07, 6.45) is 1.02. The van der Waals surface area contributed by atoms with Gasteiger partial charge in [0.25, 0.3) is 0 Å². The molecule has 0 aromatic rings. The molecular formula is C14H24BrNO2. The van der Waals surface area contributed by atoms with E-state index in [0.29, 0.717) is 17.9 Å². The number of nitrogens with zero attached hydrogens (tertiary/aromatic N) is 1. The lowest BCUT2D eigenvalue weighted by Crippen LogP contribution is -2.49. The Morgan fingerprint density at radius 2 is 1.94 bits per heavy atom. The van der Waals surface area contributed by atoms with E-state index in [1.807, 2.05) is 25.7 Å². The number of rotatable bonds is 2. The van der Waals surface area contributed by atoms with Crippen LogP contribution in [-0.4, -0.2) is 34.5 Å². The molecule has 3 nitrogen and oxygen atoms in total. The summed E-state index contributed by atoms with van der Waals surface area (Å²) in [6, 6.07) is 0.386. The molecule has 104 valence electrons. The quantitative estimate of drug-likeness (QED) is 0.727. The second-order valence-electron chi connectivity index (χ2n) is 7.34. The predicted molar refractivity (Wildman–Crippen MR) is 75.9 cm³/mol. The van der Waals surface area contributed by atoms with Crippen LogP contribution < -0.4 is 0 Å². The fourth-order valence-electron chi connectivity index (χ4n) is 3.40. The van der Waals surface area contributed by atoms with E-state index in [1.165, 1.54) is 0 Å². The van der Waals surface area contributed by atoms with Crippen LogP contribution in [0.4, 0.5) is 4.79 Å². The first kappa shape index (κ1) is 14.2. The van der Waals surface area contributed by atoms with Crippen molar-refractivity contribution < 1.29 is 9.53 Å². The maximum atomic E-state index is 12.2. The third-order valence-corrected chi connectivity index (χ3v) is 5.62. The van der Waals surface area contributed by atoms with Gasteiger partial charge in [0.1, 0.15) is 5.60 Å². The summed E-state index contributed by atoms with van der Waals surface area (Å²) in [5.41, 5.74) is -0.144. The number of alkyl halides is 1. The van der Waals surface area contributed by atoms with Crippen molar-refractivity contribution >= 4 is 22.0 Å². The Morgan fingerprint density at radius 1 is 1.33 bits per heavy atom. The number of amides is 1. The summed E-state index contributed by atoms with van der Waals surface area (Å²) in [5.74, 6) is 1.28. The van der Waals surface area contributed by atoms with E-state index in [9.17, 15) is 4.79 Å². The minimum atomic E-state index is -0.398. The summed E-state index contributed by atoms with van der Waals surface area (Å²) < 4.78 is 5.49. The minimum absolute atomic E-state index is 0.136. The second kappa shape index (κ2) is 4.39. The van der Waals surface area contributed by atoms with Gasteiger partial charge >= 0.3 is 6.09 Å². The Labute approximate surface area is 118 Å². The van der Waals surface area contributed by atoms with Crippen molar-refractivity contribution in [2.75, 3.05) is 11.9 Å². The Morgan fingerprint density at radius 3 is 2.44 bits per heavy atom. The lowest BCUT2D eigenvalue weighted by molar-refractivity contribution is 0.00903. The van der Waals surface area contributed by atoms with Crippen molar-refractivity contribution in [2.45, 2.75) is 52.7 Å². The maximum absolute atomic E-state index is 12.2. The van der Waals surface area contributed by atoms with Crippen LogP contribution in [0, 0.1) is 17.3 Å². The third kappa shape index (κ3) is 2.40. The molecule has 2 aliphatic heterocycles. The van der Waals surface area contributed by atoms with E-state index in [-0.39, 0.29) is 11.5 Å². The smallest absolute Gasteiger partial charge is 0.410 e. The van der Waals surface area contributed by atoms with Crippen LogP contribution in [0.3, 0.4) is 0 Å². The molecule has 3 atom stereocenters. The summed E-state index contributed by atoms with van der Waals surface area (Å²) in [7, 11) is 0. The molecule has 2 bridgehead atoms. The average Bonchev–Trinajstić information content (AvgIpc) is 2.71. The van der Waals surface area contributed by atoms with Crippen molar-refractivity contribution in [3.05, 3.63) is 0 Å². The molecule has 0 N–H and O–H groups in total. The highest BCUT2D eigenvalue weighted by Gasteiger charge is 2.58. The van der Waals surface area contributed by atoms with Crippen molar-refractivity contribution in [3.63, 3.8) is 0 Å². The van der Waals surface area contributed by atoms with Crippen molar-refractivity contribution in [1.82, 2.24) is 4.90 Å². The van der Waals surface area contributed by atoms with E-state index in [0.717, 1.165) is 18.3 Å². The van der Waals surface area contributed by atoms with Crippen LogP contribution in [0.25, 0.3) is 0 Å². The van der Waals surface area contributed by atoms with Gasteiger partial charge in [-0.15, -0.1) is 0 Å². The zero-order chi connectivity index (χ0) is 13.7. The largest absolute Gasteiger partial charge is 0.444 e. The molecule has 2 saturated heterocycles. The molecule has 1 saturated carbocycles. The van der Waals surface area contributed by atoms with Crippen molar-refractivity contribution in [2.24, 2.45) is 17.3 Å². The number of halogens is 1. The molecule has 3 fully saturated rings. The second-order valence-corrected chi connectivity index (χ2v) is 7.90. The SMILES string of the molecule is CC(C)(C)OC(=O)N1C[C@@H]2C[C@H]1C2C(C)(C)CBr. The van der Waals surface area contributed by atoms with Gasteiger partial charge in [0, 0.05) is 17.9 Å². The molecule has 1 aliphatic carbocycles. The highest BCUT2D eigenvalue weighted by Crippen LogP contribution is 2.55. The van der Waals surface area contributed by atoms with E-state index < -0.39 is 5.60 Å². The normalized spacial score (nSPS) is 31.2. The van der Waals surface area contributed by atoms with Gasteiger partial charge in [-0.05, 0) is 44.4 Å². The standard InChI is InChI=1S/C14H24BrNO2/c1-13(2,3)18-12(17)16-7-9-6-10(16)11(9)14(4,5)8-15/h9-11H,6-8H2,1-5H3/t9-,10-,11?/m0/s1. The lowest BCUT2D eigenvalue weighted by atomic mass is 9.61. The average molecular weight is 318 g/mol. The van der Waals surface area contributed by atoms with E-state index in [1.54, 1.807) is 0 Å². The first-order valence-electron chi connectivity index (χ1n) is 6.71. The van der Waals surface area contributed by atoms with Gasteiger partial charge in [-0.3, -0.25) is 0 Å². The maximum Gasteiger partial charge on any atom is 0.410 e. The predicted octanol–water partition coefficient (Wildman–Crippen LogP) is 3.66. The number of ether oxygens (including phenoxy) is 1. The molecule has 1 unspecified atom stereocenters. The highest BCUT2D eigenvalue weighted by molar-refractivity contribution is 9.09. The van der Waals surface area contributed by atoms with Gasteiger partial charge < -0.3 is 9.64 Å². The van der Waals surface area contributed by atoms with Gasteiger partial charge in [-0.1, -0.05) is 29.8 Å². The zero-order valence-corrected chi connectivity index (χ0v) is 13.6. The molecule has 18 heavy (non-hydrogen) atoms. The molecule has 0 radical (unpaired) electrons. The number of carbonyl (C=O) groups is 1. The Balaban J connectivity index is 2.02. The van der Waals surface area contributed by atoms with Gasteiger partial charge in [0.05, 0.1) is 0 Å². The number of fused-ring (bicyclic) bond motifs is 1. The van der Waals surface area contributed by atoms with E-state index >= 15 is 0 Å². The van der Waals surface area contributed by atoms with Gasteiger partial charge in [0.2, 0.25) is 0 Å². The van der Waals surface area contributed by atoms with Gasteiger partial charge in [0.15, 0.2) is 0 Å². The molecule has 1 amide bonds. The fraction of sp³-hybridized carbons (Fsp3) is 0.929. The lowest BCUT2D eigenvalue weighted by Gasteiger charge is -2.46. The van der Waals surface area contributed by atoms with Crippen molar-refractivity contribution in [1.29, 1.82) is 0 Å². The van der Waals surface area contributed by atoms with Gasteiger partial charge in [-0.2, -0.15) is 0 Å². The zero-order valence-electron chi connectivity index (χ0n) is 12.0. The summed E-state index contributed by atoms with van der Waals surface area (Å²) >= 11 is 3.60. The first-order valence-corrected chi connectivity index (χ1v) is 7.83. The summed E-state index contributed by atoms with van der Waals surface area (Å²) in [5, 5.41) is 0.986. The van der Waals surface area contributed by atoms with Crippen LogP contribution in [0.1, 0.15) is 41.0 Å². The molecule has 0 aromatic heterocycles. The molecular weight excluding hydrogens is 294 g/mol. The minimum Gasteiger partial charge on any atom is -0.444 e. The van der Waals surface area contributed by atoms with Crippen LogP contribution in [-0.2, 0) is 4.74 Å². The summed E-state index contributed by atoms with van der Waals surface area (Å²) in [4.78, 5) is 14.1. The number of hydrogen-bond acceptors (Lipinski definition) is 2. The Bertz CT molecular complexity index is 348. The van der Waals surface area contributed by atoms with Crippen LogP contribution in [0.5, 0.6) is 0 Å². The van der Waals surface area contributed by atoms with E-state index in [2.05, 4.69) is 29.8 Å². The van der Waals surface area contributed by atoms with Crippen LogP contribution in [0.15, 0.2) is 0 Å². The Kier molecular flexibility index (Phi) is 3.46.